The molecule has 1 aromatic carbocycles. The molecule has 0 aliphatic rings. The monoisotopic (exact) mass is 253 g/mol. The molecule has 0 aliphatic heterocycles. The molecule has 3 N–H and O–H groups in total. The molecule has 1 unspecified atom stereocenters. The number of hydrogen-bond donors (Lipinski definition) is 2. The second kappa shape index (κ2) is 6.26. The van der Waals surface area contributed by atoms with Gasteiger partial charge in [0.2, 0.25) is 5.91 Å². The Labute approximate surface area is 107 Å². The molecule has 1 aromatic rings. The van der Waals surface area contributed by atoms with Crippen molar-refractivity contribution >= 4 is 5.91 Å². The summed E-state index contributed by atoms with van der Waals surface area (Å²) >= 11 is 0. The number of methoxy groups -OCH3 is 1. The normalized spacial score (nSPS) is 13.8. The third-order valence-electron chi connectivity index (χ3n) is 2.64. The van der Waals surface area contributed by atoms with Crippen molar-refractivity contribution in [2.75, 3.05) is 13.7 Å². The first-order valence-corrected chi connectivity index (χ1v) is 5.73. The largest absolute Gasteiger partial charge is 0.493 e. The van der Waals surface area contributed by atoms with Gasteiger partial charge in [-0.15, -0.1) is 0 Å². The van der Waals surface area contributed by atoms with Crippen LogP contribution in [0.1, 0.15) is 25.5 Å². The Kier molecular flexibility index (Phi) is 4.97. The summed E-state index contributed by atoms with van der Waals surface area (Å²) in [6.45, 7) is 3.56. The summed E-state index contributed by atoms with van der Waals surface area (Å²) in [6, 6.07) is 5.15. The second-order valence-electron chi connectivity index (χ2n) is 4.20. The van der Waals surface area contributed by atoms with Crippen LogP contribution in [0.25, 0.3) is 0 Å². The van der Waals surface area contributed by atoms with E-state index in [1.54, 1.807) is 32.0 Å². The molecule has 0 aliphatic carbocycles. The van der Waals surface area contributed by atoms with E-state index >= 15 is 0 Å². The van der Waals surface area contributed by atoms with E-state index in [-0.39, 0.29) is 12.5 Å². The molecule has 0 radical (unpaired) electrons. The van der Waals surface area contributed by atoms with Crippen LogP contribution in [0, 0.1) is 5.92 Å². The van der Waals surface area contributed by atoms with Crippen LogP contribution >= 0.6 is 0 Å². The third kappa shape index (κ3) is 3.63. The van der Waals surface area contributed by atoms with Gasteiger partial charge in [-0.2, -0.15) is 0 Å². The number of carbonyl (C=O) groups is 1. The number of rotatable bonds is 6. The fraction of sp³-hybridized carbons (Fsp3) is 0.462. The molecule has 5 heteroatoms. The molecular formula is C13H19NO4. The van der Waals surface area contributed by atoms with E-state index < -0.39 is 12.0 Å². The summed E-state index contributed by atoms with van der Waals surface area (Å²) < 4.78 is 10.7. The Morgan fingerprint density at radius 1 is 1.39 bits per heavy atom. The Balaban J connectivity index is 2.80. The van der Waals surface area contributed by atoms with Gasteiger partial charge in [-0.05, 0) is 24.6 Å². The highest BCUT2D eigenvalue weighted by Gasteiger charge is 2.13. The van der Waals surface area contributed by atoms with Crippen molar-refractivity contribution in [2.45, 2.75) is 20.0 Å². The minimum Gasteiger partial charge on any atom is -0.493 e. The maximum atomic E-state index is 10.9. The van der Waals surface area contributed by atoms with Crippen LogP contribution in [0.4, 0.5) is 0 Å². The Hall–Kier alpha value is -1.75. The van der Waals surface area contributed by atoms with E-state index in [0.29, 0.717) is 11.5 Å². The zero-order valence-corrected chi connectivity index (χ0v) is 10.8. The van der Waals surface area contributed by atoms with E-state index in [1.165, 1.54) is 7.11 Å². The molecular weight excluding hydrogens is 234 g/mol. The van der Waals surface area contributed by atoms with Crippen LogP contribution in [-0.4, -0.2) is 24.7 Å². The van der Waals surface area contributed by atoms with E-state index in [4.69, 9.17) is 15.2 Å². The van der Waals surface area contributed by atoms with Gasteiger partial charge in [0.25, 0.3) is 0 Å². The van der Waals surface area contributed by atoms with E-state index in [1.807, 2.05) is 0 Å². The van der Waals surface area contributed by atoms with Gasteiger partial charge < -0.3 is 20.3 Å². The summed E-state index contributed by atoms with van der Waals surface area (Å²) in [5.41, 5.74) is 5.89. The van der Waals surface area contributed by atoms with Gasteiger partial charge >= 0.3 is 0 Å². The number of aliphatic hydroxyl groups is 1. The lowest BCUT2D eigenvalue weighted by Gasteiger charge is -2.14. The molecule has 0 spiro atoms. The second-order valence-corrected chi connectivity index (χ2v) is 4.20. The topological polar surface area (TPSA) is 81.8 Å². The fourth-order valence-corrected chi connectivity index (χ4v) is 1.36. The summed E-state index contributed by atoms with van der Waals surface area (Å²) in [5, 5.41) is 9.47. The lowest BCUT2D eigenvalue weighted by molar-refractivity contribution is -0.122. The maximum Gasteiger partial charge on any atom is 0.223 e. The zero-order chi connectivity index (χ0) is 13.7. The smallest absolute Gasteiger partial charge is 0.223 e. The van der Waals surface area contributed by atoms with Crippen LogP contribution in [0.5, 0.6) is 11.5 Å². The standard InChI is InChI=1S/C13H19NO4/c1-8(13(14)16)7-18-11-5-4-10(9(2)15)6-12(11)17-3/h4-6,8-9,15H,7H2,1-3H3,(H2,14,16)/t8?,9-/m0/s1. The van der Waals surface area contributed by atoms with Crippen LogP contribution in [0.15, 0.2) is 18.2 Å². The molecule has 18 heavy (non-hydrogen) atoms. The minimum absolute atomic E-state index is 0.194. The third-order valence-corrected chi connectivity index (χ3v) is 2.64. The highest BCUT2D eigenvalue weighted by atomic mass is 16.5. The Morgan fingerprint density at radius 3 is 2.56 bits per heavy atom. The van der Waals surface area contributed by atoms with Crippen molar-refractivity contribution in [1.82, 2.24) is 0 Å². The fourth-order valence-electron chi connectivity index (χ4n) is 1.36. The van der Waals surface area contributed by atoms with Crippen molar-refractivity contribution in [1.29, 1.82) is 0 Å². The molecule has 5 nitrogen and oxygen atoms in total. The number of primary amides is 1. The summed E-state index contributed by atoms with van der Waals surface area (Å²) in [6.07, 6.45) is -0.572. The number of amides is 1. The van der Waals surface area contributed by atoms with Crippen LogP contribution in [-0.2, 0) is 4.79 Å². The summed E-state index contributed by atoms with van der Waals surface area (Å²) in [5.74, 6) is 0.265. The minimum atomic E-state index is -0.572. The highest BCUT2D eigenvalue weighted by Crippen LogP contribution is 2.30. The van der Waals surface area contributed by atoms with Crippen LogP contribution in [0.3, 0.4) is 0 Å². The number of ether oxygens (including phenoxy) is 2. The van der Waals surface area contributed by atoms with Gasteiger partial charge in [-0.25, -0.2) is 0 Å². The van der Waals surface area contributed by atoms with E-state index in [0.717, 1.165) is 5.56 Å². The van der Waals surface area contributed by atoms with Crippen LogP contribution < -0.4 is 15.2 Å². The number of nitrogens with two attached hydrogens (primary N) is 1. The number of benzene rings is 1. The predicted octanol–water partition coefficient (Wildman–Crippen LogP) is 1.25. The Morgan fingerprint density at radius 2 is 2.06 bits per heavy atom. The molecule has 100 valence electrons. The molecule has 0 saturated carbocycles. The van der Waals surface area contributed by atoms with Gasteiger partial charge in [-0.3, -0.25) is 4.79 Å². The number of carbonyl (C=O) groups excluding carboxylic acids is 1. The van der Waals surface area contributed by atoms with E-state index in [2.05, 4.69) is 0 Å². The predicted molar refractivity (Wildman–Crippen MR) is 67.5 cm³/mol. The Bertz CT molecular complexity index is 417. The van der Waals surface area contributed by atoms with Gasteiger partial charge in [0, 0.05) is 0 Å². The zero-order valence-electron chi connectivity index (χ0n) is 10.8. The molecule has 0 saturated heterocycles. The van der Waals surface area contributed by atoms with Crippen molar-refractivity contribution in [2.24, 2.45) is 11.7 Å². The molecule has 1 amide bonds. The lowest BCUT2D eigenvalue weighted by Crippen LogP contribution is -2.25. The molecule has 0 heterocycles. The quantitative estimate of drug-likeness (QED) is 0.799. The molecule has 1 rings (SSSR count). The van der Waals surface area contributed by atoms with Gasteiger partial charge in [0.05, 0.1) is 25.7 Å². The first kappa shape index (κ1) is 14.3. The van der Waals surface area contributed by atoms with Crippen molar-refractivity contribution in [3.8, 4) is 11.5 Å². The maximum absolute atomic E-state index is 10.9. The van der Waals surface area contributed by atoms with Crippen molar-refractivity contribution in [3.63, 3.8) is 0 Å². The summed E-state index contributed by atoms with van der Waals surface area (Å²) in [4.78, 5) is 10.9. The first-order valence-electron chi connectivity index (χ1n) is 5.73. The average molecular weight is 253 g/mol. The van der Waals surface area contributed by atoms with Crippen molar-refractivity contribution < 1.29 is 19.4 Å². The molecule has 2 atom stereocenters. The highest BCUT2D eigenvalue weighted by molar-refractivity contribution is 5.76. The number of aliphatic hydroxyl groups excluding tert-OH is 1. The first-order chi connectivity index (χ1) is 8.45. The number of hydrogen-bond acceptors (Lipinski definition) is 4. The van der Waals surface area contributed by atoms with Gasteiger partial charge in [0.1, 0.15) is 0 Å². The van der Waals surface area contributed by atoms with Crippen LogP contribution in [0.2, 0.25) is 0 Å². The van der Waals surface area contributed by atoms with Gasteiger partial charge in [-0.1, -0.05) is 13.0 Å². The average Bonchev–Trinajstić information content (AvgIpc) is 2.35. The molecule has 0 aromatic heterocycles. The summed E-state index contributed by atoms with van der Waals surface area (Å²) in [7, 11) is 1.52. The lowest BCUT2D eigenvalue weighted by atomic mass is 10.1. The molecule has 0 bridgehead atoms. The van der Waals surface area contributed by atoms with E-state index in [9.17, 15) is 9.90 Å². The molecule has 0 fully saturated rings. The van der Waals surface area contributed by atoms with Gasteiger partial charge in [0.15, 0.2) is 11.5 Å². The van der Waals surface area contributed by atoms with Crippen molar-refractivity contribution in [3.05, 3.63) is 23.8 Å². The SMILES string of the molecule is COc1cc([C@H](C)O)ccc1OCC(C)C(N)=O.